The third kappa shape index (κ3) is 4.19. The Labute approximate surface area is 144 Å². The Morgan fingerprint density at radius 3 is 3.00 bits per heavy atom. The number of urea groups is 1. The van der Waals surface area contributed by atoms with Crippen LogP contribution >= 0.6 is 0 Å². The van der Waals surface area contributed by atoms with E-state index in [1.54, 1.807) is 0 Å². The summed E-state index contributed by atoms with van der Waals surface area (Å²) in [7, 11) is 4.25. The van der Waals surface area contributed by atoms with Gasteiger partial charge in [0.15, 0.2) is 0 Å². The van der Waals surface area contributed by atoms with E-state index in [9.17, 15) is 4.79 Å². The lowest BCUT2D eigenvalue weighted by atomic mass is 10.0. The van der Waals surface area contributed by atoms with Crippen molar-refractivity contribution in [3.05, 3.63) is 29.8 Å². The van der Waals surface area contributed by atoms with Gasteiger partial charge in [-0.2, -0.15) is 0 Å². The summed E-state index contributed by atoms with van der Waals surface area (Å²) in [6.07, 6.45) is 1.84. The highest BCUT2D eigenvalue weighted by Gasteiger charge is 2.24. The van der Waals surface area contributed by atoms with E-state index in [0.717, 1.165) is 43.8 Å². The van der Waals surface area contributed by atoms with Gasteiger partial charge in [0.05, 0.1) is 12.6 Å². The molecule has 0 bridgehead atoms. The fourth-order valence-corrected chi connectivity index (χ4v) is 3.42. The van der Waals surface area contributed by atoms with Crippen LogP contribution < -0.4 is 15.4 Å². The Bertz CT molecular complexity index is 566. The minimum Gasteiger partial charge on any atom is -0.493 e. The SMILES string of the molecule is CN1CCN(C)[C@@H](CNC(=O)N[C@H]2CCCOc3ccccc32)C1. The molecule has 2 N–H and O–H groups in total. The van der Waals surface area contributed by atoms with Crippen LogP contribution in [0.4, 0.5) is 4.79 Å². The molecule has 24 heavy (non-hydrogen) atoms. The molecular weight excluding hydrogens is 304 g/mol. The van der Waals surface area contributed by atoms with Crippen molar-refractivity contribution in [2.75, 3.05) is 46.9 Å². The monoisotopic (exact) mass is 332 g/mol. The Balaban J connectivity index is 1.55. The van der Waals surface area contributed by atoms with Crippen molar-refractivity contribution < 1.29 is 9.53 Å². The molecular formula is C18H28N4O2. The van der Waals surface area contributed by atoms with Crippen LogP contribution in [0.1, 0.15) is 24.4 Å². The molecule has 132 valence electrons. The first kappa shape index (κ1) is 17.0. The molecule has 0 aromatic heterocycles. The van der Waals surface area contributed by atoms with Gasteiger partial charge in [-0.25, -0.2) is 4.79 Å². The van der Waals surface area contributed by atoms with E-state index < -0.39 is 0 Å². The van der Waals surface area contributed by atoms with Crippen LogP contribution in [0.15, 0.2) is 24.3 Å². The van der Waals surface area contributed by atoms with Crippen molar-refractivity contribution in [1.29, 1.82) is 0 Å². The summed E-state index contributed by atoms with van der Waals surface area (Å²) >= 11 is 0. The van der Waals surface area contributed by atoms with E-state index in [0.29, 0.717) is 19.2 Å². The summed E-state index contributed by atoms with van der Waals surface area (Å²) < 4.78 is 5.76. The number of para-hydroxylation sites is 1. The lowest BCUT2D eigenvalue weighted by Gasteiger charge is -2.37. The number of hydrogen-bond donors (Lipinski definition) is 2. The van der Waals surface area contributed by atoms with Gasteiger partial charge < -0.3 is 20.3 Å². The number of nitrogens with zero attached hydrogens (tertiary/aromatic N) is 2. The lowest BCUT2D eigenvalue weighted by molar-refractivity contribution is 0.114. The second-order valence-electron chi connectivity index (χ2n) is 6.83. The van der Waals surface area contributed by atoms with Crippen molar-refractivity contribution in [1.82, 2.24) is 20.4 Å². The summed E-state index contributed by atoms with van der Waals surface area (Å²) in [5.74, 6) is 0.883. The zero-order valence-electron chi connectivity index (χ0n) is 14.6. The fourth-order valence-electron chi connectivity index (χ4n) is 3.42. The summed E-state index contributed by atoms with van der Waals surface area (Å²) in [6.45, 7) is 4.47. The maximum absolute atomic E-state index is 12.4. The summed E-state index contributed by atoms with van der Waals surface area (Å²) in [6, 6.07) is 8.24. The van der Waals surface area contributed by atoms with Crippen LogP contribution in [0.3, 0.4) is 0 Å². The molecule has 2 aliphatic heterocycles. The molecule has 0 saturated carbocycles. The predicted molar refractivity (Wildman–Crippen MR) is 94.4 cm³/mol. The maximum Gasteiger partial charge on any atom is 0.315 e. The van der Waals surface area contributed by atoms with Gasteiger partial charge in [-0.05, 0) is 33.0 Å². The maximum atomic E-state index is 12.4. The van der Waals surface area contributed by atoms with E-state index in [4.69, 9.17) is 4.74 Å². The van der Waals surface area contributed by atoms with Gasteiger partial charge in [0.25, 0.3) is 0 Å². The fraction of sp³-hybridized carbons (Fsp3) is 0.611. The van der Waals surface area contributed by atoms with Gasteiger partial charge in [-0.1, -0.05) is 18.2 Å². The highest BCUT2D eigenvalue weighted by atomic mass is 16.5. The largest absolute Gasteiger partial charge is 0.493 e. The normalized spacial score (nSPS) is 25.2. The van der Waals surface area contributed by atoms with E-state index in [2.05, 4.69) is 34.5 Å². The lowest BCUT2D eigenvalue weighted by Crippen LogP contribution is -2.55. The Kier molecular flexibility index (Phi) is 5.58. The second-order valence-corrected chi connectivity index (χ2v) is 6.83. The molecule has 0 spiro atoms. The highest BCUT2D eigenvalue weighted by Crippen LogP contribution is 2.30. The molecule has 3 rings (SSSR count). The van der Waals surface area contributed by atoms with Gasteiger partial charge in [0.1, 0.15) is 5.75 Å². The zero-order valence-corrected chi connectivity index (χ0v) is 14.6. The number of ether oxygens (including phenoxy) is 1. The smallest absolute Gasteiger partial charge is 0.315 e. The Morgan fingerprint density at radius 2 is 2.12 bits per heavy atom. The van der Waals surface area contributed by atoms with Crippen LogP contribution in [0, 0.1) is 0 Å². The minimum absolute atomic E-state index is 0.00968. The predicted octanol–water partition coefficient (Wildman–Crippen LogP) is 1.45. The van der Waals surface area contributed by atoms with Crippen molar-refractivity contribution in [3.8, 4) is 5.75 Å². The van der Waals surface area contributed by atoms with Gasteiger partial charge in [-0.3, -0.25) is 4.90 Å². The van der Waals surface area contributed by atoms with E-state index >= 15 is 0 Å². The number of carbonyl (C=O) groups excluding carboxylic acids is 1. The first-order chi connectivity index (χ1) is 11.6. The van der Waals surface area contributed by atoms with Crippen LogP contribution in [0.2, 0.25) is 0 Å². The van der Waals surface area contributed by atoms with Crippen molar-refractivity contribution in [2.45, 2.75) is 24.9 Å². The second kappa shape index (κ2) is 7.85. The number of piperazine rings is 1. The summed E-state index contributed by atoms with van der Waals surface area (Å²) in [5.41, 5.74) is 1.07. The molecule has 1 aromatic carbocycles. The number of benzene rings is 1. The summed E-state index contributed by atoms with van der Waals surface area (Å²) in [4.78, 5) is 17.0. The van der Waals surface area contributed by atoms with Gasteiger partial charge in [0.2, 0.25) is 0 Å². The van der Waals surface area contributed by atoms with Crippen molar-refractivity contribution >= 4 is 6.03 Å². The third-order valence-electron chi connectivity index (χ3n) is 4.97. The average molecular weight is 332 g/mol. The Hall–Kier alpha value is -1.79. The molecule has 0 radical (unpaired) electrons. The molecule has 2 aliphatic rings. The van der Waals surface area contributed by atoms with Gasteiger partial charge in [0, 0.05) is 37.8 Å². The molecule has 2 atom stereocenters. The van der Waals surface area contributed by atoms with E-state index in [1.165, 1.54) is 0 Å². The summed E-state index contributed by atoms with van der Waals surface area (Å²) in [5, 5.41) is 6.16. The van der Waals surface area contributed by atoms with Crippen LogP contribution in [-0.2, 0) is 0 Å². The Morgan fingerprint density at radius 1 is 1.29 bits per heavy atom. The number of nitrogens with one attached hydrogen (secondary N) is 2. The molecule has 1 aromatic rings. The first-order valence-electron chi connectivity index (χ1n) is 8.78. The van der Waals surface area contributed by atoms with Gasteiger partial charge in [-0.15, -0.1) is 0 Å². The van der Waals surface area contributed by atoms with Crippen LogP contribution in [0.5, 0.6) is 5.75 Å². The van der Waals surface area contributed by atoms with Crippen LogP contribution in [-0.4, -0.2) is 68.8 Å². The number of likely N-dealkylation sites (N-methyl/N-ethyl adjacent to an activating group) is 2. The molecule has 1 saturated heterocycles. The number of rotatable bonds is 3. The highest BCUT2D eigenvalue weighted by molar-refractivity contribution is 5.74. The average Bonchev–Trinajstić information content (AvgIpc) is 2.78. The molecule has 6 heteroatoms. The minimum atomic E-state index is -0.0988. The quantitative estimate of drug-likeness (QED) is 0.880. The molecule has 6 nitrogen and oxygen atoms in total. The molecule has 1 fully saturated rings. The van der Waals surface area contributed by atoms with Gasteiger partial charge >= 0.3 is 6.03 Å². The molecule has 2 amide bonds. The first-order valence-corrected chi connectivity index (χ1v) is 8.78. The van der Waals surface area contributed by atoms with Crippen LogP contribution in [0.25, 0.3) is 0 Å². The number of fused-ring (bicyclic) bond motifs is 1. The molecule has 0 aliphatic carbocycles. The standard InChI is InChI=1S/C18H28N4O2/c1-21-9-10-22(2)14(13-21)12-19-18(23)20-16-7-5-11-24-17-8-4-3-6-15(16)17/h3-4,6,8,14,16H,5,7,9-13H2,1-2H3,(H2,19,20,23)/t14-,16-/m0/s1. The van der Waals surface area contributed by atoms with Crippen molar-refractivity contribution in [3.63, 3.8) is 0 Å². The van der Waals surface area contributed by atoms with E-state index in [-0.39, 0.29) is 12.1 Å². The topological polar surface area (TPSA) is 56.8 Å². The van der Waals surface area contributed by atoms with E-state index in [1.807, 2.05) is 24.3 Å². The molecule has 2 heterocycles. The number of amides is 2. The third-order valence-corrected chi connectivity index (χ3v) is 4.97. The number of carbonyl (C=O) groups is 1. The zero-order chi connectivity index (χ0) is 16.9. The molecule has 0 unspecified atom stereocenters. The van der Waals surface area contributed by atoms with Crippen molar-refractivity contribution in [2.24, 2.45) is 0 Å². The number of hydrogen-bond acceptors (Lipinski definition) is 4.